The molecular formula is C13H17N2O2. The first-order valence-corrected chi connectivity index (χ1v) is 5.84. The highest BCUT2D eigenvalue weighted by Gasteiger charge is 2.17. The lowest BCUT2D eigenvalue weighted by Crippen LogP contribution is -2.49. The Morgan fingerprint density at radius 2 is 2.18 bits per heavy atom. The van der Waals surface area contributed by atoms with Gasteiger partial charge in [0.25, 0.3) is 0 Å². The van der Waals surface area contributed by atoms with E-state index in [0.29, 0.717) is 5.56 Å². The Hall–Kier alpha value is -1.23. The van der Waals surface area contributed by atoms with Gasteiger partial charge in [0.15, 0.2) is 0 Å². The van der Waals surface area contributed by atoms with Crippen molar-refractivity contribution in [1.29, 1.82) is 0 Å². The number of hydrogen-bond donors (Lipinski definition) is 1. The Kier molecular flexibility index (Phi) is 4.25. The first-order valence-electron chi connectivity index (χ1n) is 5.84. The van der Waals surface area contributed by atoms with E-state index in [4.69, 9.17) is 10.5 Å². The SMILES string of the molecule is NC(Cc1cccc([C]=O)c1)N1CCOCC1. The maximum atomic E-state index is 10.6. The summed E-state index contributed by atoms with van der Waals surface area (Å²) in [6.45, 7) is 3.24. The Balaban J connectivity index is 1.96. The van der Waals surface area contributed by atoms with Crippen LogP contribution in [0.1, 0.15) is 11.1 Å². The molecule has 4 nitrogen and oxygen atoms in total. The normalized spacial score (nSPS) is 18.9. The summed E-state index contributed by atoms with van der Waals surface area (Å²) in [4.78, 5) is 12.8. The molecule has 1 heterocycles. The summed E-state index contributed by atoms with van der Waals surface area (Å²) < 4.78 is 5.29. The van der Waals surface area contributed by atoms with Gasteiger partial charge in [0.1, 0.15) is 0 Å². The maximum absolute atomic E-state index is 10.6. The van der Waals surface area contributed by atoms with E-state index in [0.717, 1.165) is 38.3 Å². The molecule has 1 unspecified atom stereocenters. The highest BCUT2D eigenvalue weighted by Crippen LogP contribution is 2.09. The van der Waals surface area contributed by atoms with Gasteiger partial charge in [0, 0.05) is 25.1 Å². The zero-order valence-electron chi connectivity index (χ0n) is 9.76. The van der Waals surface area contributed by atoms with Crippen molar-refractivity contribution in [1.82, 2.24) is 4.90 Å². The fourth-order valence-electron chi connectivity index (χ4n) is 2.04. The maximum Gasteiger partial charge on any atom is 0.233 e. The number of rotatable bonds is 4. The third-order valence-corrected chi connectivity index (χ3v) is 3.00. The molecular weight excluding hydrogens is 216 g/mol. The summed E-state index contributed by atoms with van der Waals surface area (Å²) in [5, 5.41) is 0. The average Bonchev–Trinajstić information content (AvgIpc) is 2.40. The first kappa shape index (κ1) is 12.2. The molecule has 1 radical (unpaired) electrons. The number of carbonyl (C=O) groups excluding carboxylic acids is 1. The van der Waals surface area contributed by atoms with Crippen LogP contribution in [-0.4, -0.2) is 43.7 Å². The molecule has 1 aliphatic rings. The molecule has 2 rings (SSSR count). The van der Waals surface area contributed by atoms with Crippen LogP contribution >= 0.6 is 0 Å². The number of nitrogens with two attached hydrogens (primary N) is 1. The van der Waals surface area contributed by atoms with Gasteiger partial charge in [-0.15, -0.1) is 0 Å². The molecule has 0 aromatic heterocycles. The lowest BCUT2D eigenvalue weighted by atomic mass is 10.1. The molecule has 0 bridgehead atoms. The van der Waals surface area contributed by atoms with Crippen molar-refractivity contribution in [2.24, 2.45) is 5.73 Å². The van der Waals surface area contributed by atoms with Crippen LogP contribution in [0.15, 0.2) is 24.3 Å². The number of ether oxygens (including phenoxy) is 1. The second kappa shape index (κ2) is 5.91. The second-order valence-corrected chi connectivity index (χ2v) is 4.22. The summed E-state index contributed by atoms with van der Waals surface area (Å²) in [5.41, 5.74) is 7.80. The van der Waals surface area contributed by atoms with Crippen LogP contribution in [0.4, 0.5) is 0 Å². The van der Waals surface area contributed by atoms with E-state index in [1.807, 2.05) is 24.5 Å². The van der Waals surface area contributed by atoms with Gasteiger partial charge in [0.2, 0.25) is 6.29 Å². The summed E-state index contributed by atoms with van der Waals surface area (Å²) in [5.74, 6) is 0. The predicted molar refractivity (Wildman–Crippen MR) is 65.3 cm³/mol. The summed E-state index contributed by atoms with van der Waals surface area (Å²) in [6.07, 6.45) is 2.63. The smallest absolute Gasteiger partial charge is 0.233 e. The van der Waals surface area contributed by atoms with Gasteiger partial charge in [-0.1, -0.05) is 18.2 Å². The van der Waals surface area contributed by atoms with Gasteiger partial charge < -0.3 is 10.5 Å². The van der Waals surface area contributed by atoms with E-state index in [-0.39, 0.29) is 6.17 Å². The van der Waals surface area contributed by atoms with E-state index in [2.05, 4.69) is 4.90 Å². The molecule has 0 spiro atoms. The molecule has 1 aromatic carbocycles. The van der Waals surface area contributed by atoms with Crippen LogP contribution in [0.5, 0.6) is 0 Å². The van der Waals surface area contributed by atoms with Crippen molar-refractivity contribution in [2.45, 2.75) is 12.6 Å². The predicted octanol–water partition coefficient (Wildman–Crippen LogP) is 0.304. The van der Waals surface area contributed by atoms with Crippen molar-refractivity contribution < 1.29 is 9.53 Å². The van der Waals surface area contributed by atoms with E-state index < -0.39 is 0 Å². The molecule has 0 amide bonds. The highest BCUT2D eigenvalue weighted by atomic mass is 16.5. The molecule has 1 atom stereocenters. The summed E-state index contributed by atoms with van der Waals surface area (Å²) in [7, 11) is 0. The van der Waals surface area contributed by atoms with Gasteiger partial charge in [-0.05, 0) is 11.6 Å². The molecule has 0 aliphatic carbocycles. The van der Waals surface area contributed by atoms with Crippen LogP contribution in [0.2, 0.25) is 0 Å². The van der Waals surface area contributed by atoms with Crippen LogP contribution in [0, 0.1) is 0 Å². The largest absolute Gasteiger partial charge is 0.379 e. The molecule has 4 heteroatoms. The van der Waals surface area contributed by atoms with Gasteiger partial charge in [-0.25, -0.2) is 0 Å². The minimum Gasteiger partial charge on any atom is -0.379 e. The lowest BCUT2D eigenvalue weighted by Gasteiger charge is -2.32. The fraction of sp³-hybridized carbons (Fsp3) is 0.462. The Morgan fingerprint density at radius 1 is 1.41 bits per heavy atom. The van der Waals surface area contributed by atoms with E-state index in [1.165, 1.54) is 0 Å². The molecule has 1 fully saturated rings. The van der Waals surface area contributed by atoms with Crippen LogP contribution < -0.4 is 5.73 Å². The van der Waals surface area contributed by atoms with Gasteiger partial charge in [-0.3, -0.25) is 9.69 Å². The standard InChI is InChI=1S/C13H17N2O2/c14-13(15-4-6-17-7-5-15)9-11-2-1-3-12(8-11)10-16/h1-3,8,13H,4-7,9,14H2. The quantitative estimate of drug-likeness (QED) is 0.813. The lowest BCUT2D eigenvalue weighted by molar-refractivity contribution is 0.0179. The Morgan fingerprint density at radius 3 is 2.88 bits per heavy atom. The number of morpholine rings is 1. The Bertz CT molecular complexity index is 375. The van der Waals surface area contributed by atoms with E-state index >= 15 is 0 Å². The number of benzene rings is 1. The zero-order valence-corrected chi connectivity index (χ0v) is 9.76. The molecule has 2 N–H and O–H groups in total. The summed E-state index contributed by atoms with van der Waals surface area (Å²) >= 11 is 0. The first-order chi connectivity index (χ1) is 8.29. The molecule has 1 aromatic rings. The fourth-order valence-corrected chi connectivity index (χ4v) is 2.04. The zero-order chi connectivity index (χ0) is 12.1. The molecule has 1 aliphatic heterocycles. The van der Waals surface area contributed by atoms with Crippen molar-refractivity contribution >= 4 is 6.29 Å². The molecule has 17 heavy (non-hydrogen) atoms. The summed E-state index contributed by atoms with van der Waals surface area (Å²) in [6, 6.07) is 7.44. The number of nitrogens with zero attached hydrogens (tertiary/aromatic N) is 1. The molecule has 91 valence electrons. The van der Waals surface area contributed by atoms with Crippen molar-refractivity contribution in [3.63, 3.8) is 0 Å². The minimum absolute atomic E-state index is 0.0131. The number of hydrogen-bond acceptors (Lipinski definition) is 4. The minimum atomic E-state index is -0.0131. The van der Waals surface area contributed by atoms with Crippen LogP contribution in [0.3, 0.4) is 0 Å². The average molecular weight is 233 g/mol. The van der Waals surface area contributed by atoms with E-state index in [1.54, 1.807) is 6.07 Å². The third kappa shape index (κ3) is 3.36. The van der Waals surface area contributed by atoms with Crippen molar-refractivity contribution in [2.75, 3.05) is 26.3 Å². The monoisotopic (exact) mass is 233 g/mol. The van der Waals surface area contributed by atoms with E-state index in [9.17, 15) is 4.79 Å². The Labute approximate surface area is 101 Å². The second-order valence-electron chi connectivity index (χ2n) is 4.22. The van der Waals surface area contributed by atoms with Crippen molar-refractivity contribution in [3.8, 4) is 0 Å². The third-order valence-electron chi connectivity index (χ3n) is 3.00. The van der Waals surface area contributed by atoms with Crippen LogP contribution in [0.25, 0.3) is 0 Å². The molecule has 0 saturated carbocycles. The van der Waals surface area contributed by atoms with Gasteiger partial charge in [0.05, 0.1) is 19.4 Å². The van der Waals surface area contributed by atoms with Crippen LogP contribution in [-0.2, 0) is 16.0 Å². The molecule has 1 saturated heterocycles. The van der Waals surface area contributed by atoms with Gasteiger partial charge >= 0.3 is 0 Å². The topological polar surface area (TPSA) is 55.6 Å². The van der Waals surface area contributed by atoms with Gasteiger partial charge in [-0.2, -0.15) is 0 Å². The van der Waals surface area contributed by atoms with Crippen molar-refractivity contribution in [3.05, 3.63) is 35.4 Å². The highest BCUT2D eigenvalue weighted by molar-refractivity contribution is 5.75.